The molecule has 0 saturated heterocycles. The van der Waals surface area contributed by atoms with Crippen LogP contribution in [0.1, 0.15) is 9.67 Å². The number of aromatic nitrogens is 1. The van der Waals surface area contributed by atoms with Crippen LogP contribution in [0.25, 0.3) is 0 Å². The van der Waals surface area contributed by atoms with Crippen LogP contribution in [0.4, 0.5) is 15.8 Å². The van der Waals surface area contributed by atoms with Crippen LogP contribution in [-0.4, -0.2) is 23.2 Å². The zero-order valence-corrected chi connectivity index (χ0v) is 12.4. The van der Waals surface area contributed by atoms with Gasteiger partial charge in [0.2, 0.25) is 0 Å². The number of esters is 1. The van der Waals surface area contributed by atoms with Crippen LogP contribution >= 0.6 is 23.6 Å². The minimum Gasteiger partial charge on any atom is -0.465 e. The largest absolute Gasteiger partial charge is 0.465 e. The molecule has 0 atom stereocenters. The molecule has 2 heterocycles. The molecule has 9 heteroatoms. The minimum atomic E-state index is -0.923. The molecular weight excluding hydrogens is 317 g/mol. The van der Waals surface area contributed by atoms with Crippen LogP contribution in [0.15, 0.2) is 28.5 Å². The Morgan fingerprint density at radius 2 is 2.24 bits per heavy atom. The number of halogens is 1. The van der Waals surface area contributed by atoms with Crippen LogP contribution in [0, 0.1) is 5.82 Å². The van der Waals surface area contributed by atoms with E-state index in [1.54, 1.807) is 11.4 Å². The van der Waals surface area contributed by atoms with E-state index in [1.807, 2.05) is 0 Å². The van der Waals surface area contributed by atoms with Crippen LogP contribution < -0.4 is 16.2 Å². The Morgan fingerprint density at radius 1 is 1.48 bits per heavy atom. The van der Waals surface area contributed by atoms with Gasteiger partial charge in [0, 0.05) is 12.3 Å². The second-order valence-corrected chi connectivity index (χ2v) is 5.12. The Labute approximate surface area is 128 Å². The standard InChI is InChI=1S/C12H10FN3O3S2/c1-19-11(18)9-8(2-3-21-9)16-12(20)15-6-4-7(13)10(17)14-5-6/h2-5H,1H3,(H,14,17)(H2,15,16,20). The summed E-state index contributed by atoms with van der Waals surface area (Å²) in [4.78, 5) is 25.0. The molecule has 0 amide bonds. The molecule has 0 spiro atoms. The lowest BCUT2D eigenvalue weighted by Crippen LogP contribution is -2.21. The third kappa shape index (κ3) is 3.64. The highest BCUT2D eigenvalue weighted by Crippen LogP contribution is 2.23. The lowest BCUT2D eigenvalue weighted by Gasteiger charge is -2.10. The van der Waals surface area contributed by atoms with Crippen molar-refractivity contribution in [1.29, 1.82) is 0 Å². The highest BCUT2D eigenvalue weighted by Gasteiger charge is 2.14. The van der Waals surface area contributed by atoms with E-state index in [0.717, 1.165) is 6.07 Å². The highest BCUT2D eigenvalue weighted by molar-refractivity contribution is 7.80. The quantitative estimate of drug-likeness (QED) is 0.592. The number of pyridine rings is 1. The monoisotopic (exact) mass is 327 g/mol. The van der Waals surface area contributed by atoms with Gasteiger partial charge in [-0.15, -0.1) is 11.3 Å². The van der Waals surface area contributed by atoms with E-state index in [9.17, 15) is 14.0 Å². The highest BCUT2D eigenvalue weighted by atomic mass is 32.1. The van der Waals surface area contributed by atoms with Gasteiger partial charge >= 0.3 is 5.97 Å². The number of rotatable bonds is 3. The Balaban J connectivity index is 2.08. The fourth-order valence-corrected chi connectivity index (χ4v) is 2.46. The molecular formula is C12H10FN3O3S2. The van der Waals surface area contributed by atoms with Crippen LogP contribution in [0.2, 0.25) is 0 Å². The topological polar surface area (TPSA) is 83.2 Å². The molecule has 0 saturated carbocycles. The smallest absolute Gasteiger partial charge is 0.350 e. The van der Waals surface area contributed by atoms with Crippen LogP contribution in [0.5, 0.6) is 0 Å². The van der Waals surface area contributed by atoms with E-state index in [4.69, 9.17) is 12.2 Å². The lowest BCUT2D eigenvalue weighted by molar-refractivity contribution is 0.0607. The van der Waals surface area contributed by atoms with Crippen molar-refractivity contribution in [3.8, 4) is 0 Å². The molecule has 3 N–H and O–H groups in total. The number of hydrogen-bond acceptors (Lipinski definition) is 5. The Morgan fingerprint density at radius 3 is 2.90 bits per heavy atom. The molecule has 0 radical (unpaired) electrons. The average molecular weight is 327 g/mol. The third-order valence-electron chi connectivity index (χ3n) is 2.40. The van der Waals surface area contributed by atoms with Gasteiger partial charge in [-0.05, 0) is 23.7 Å². The zero-order chi connectivity index (χ0) is 15.4. The van der Waals surface area contributed by atoms with Crippen molar-refractivity contribution >= 4 is 46.0 Å². The van der Waals surface area contributed by atoms with Gasteiger partial charge in [0.25, 0.3) is 5.56 Å². The predicted molar refractivity (Wildman–Crippen MR) is 82.5 cm³/mol. The summed E-state index contributed by atoms with van der Waals surface area (Å²) in [6.45, 7) is 0. The molecule has 0 aromatic carbocycles. The average Bonchev–Trinajstić information content (AvgIpc) is 2.90. The number of anilines is 2. The molecule has 2 aromatic rings. The minimum absolute atomic E-state index is 0.144. The first-order valence-corrected chi connectivity index (χ1v) is 6.92. The lowest BCUT2D eigenvalue weighted by atomic mass is 10.4. The van der Waals surface area contributed by atoms with Gasteiger partial charge in [0.15, 0.2) is 10.9 Å². The molecule has 21 heavy (non-hydrogen) atoms. The Kier molecular flexibility index (Phi) is 4.66. The van der Waals surface area contributed by atoms with Crippen molar-refractivity contribution in [2.75, 3.05) is 17.7 Å². The molecule has 0 aliphatic heterocycles. The molecule has 2 rings (SSSR count). The normalized spacial score (nSPS) is 10.0. The molecule has 0 fully saturated rings. The summed E-state index contributed by atoms with van der Waals surface area (Å²) in [5, 5.41) is 7.35. The first-order valence-electron chi connectivity index (χ1n) is 5.63. The number of thiophene rings is 1. The summed E-state index contributed by atoms with van der Waals surface area (Å²) in [6, 6.07) is 2.68. The number of methoxy groups -OCH3 is 1. The maximum atomic E-state index is 13.1. The maximum Gasteiger partial charge on any atom is 0.350 e. The first kappa shape index (κ1) is 15.1. The van der Waals surface area contributed by atoms with Crippen molar-refractivity contribution in [3.05, 3.63) is 44.8 Å². The summed E-state index contributed by atoms with van der Waals surface area (Å²) in [5.41, 5.74) is -0.0565. The number of thiocarbonyl (C=S) groups is 1. The van der Waals surface area contributed by atoms with Crippen molar-refractivity contribution in [1.82, 2.24) is 4.98 Å². The molecule has 2 aromatic heterocycles. The zero-order valence-electron chi connectivity index (χ0n) is 10.7. The van der Waals surface area contributed by atoms with E-state index in [0.29, 0.717) is 10.6 Å². The molecule has 0 aliphatic carbocycles. The van der Waals surface area contributed by atoms with Gasteiger partial charge in [0.1, 0.15) is 4.88 Å². The summed E-state index contributed by atoms with van der Waals surface area (Å²) in [7, 11) is 1.28. The Hall–Kier alpha value is -2.26. The number of aromatic amines is 1. The fraction of sp³-hybridized carbons (Fsp3) is 0.0833. The van der Waals surface area contributed by atoms with E-state index in [-0.39, 0.29) is 10.8 Å². The number of hydrogen-bond donors (Lipinski definition) is 3. The van der Waals surface area contributed by atoms with Crippen molar-refractivity contribution < 1.29 is 13.9 Å². The first-order chi connectivity index (χ1) is 10.0. The van der Waals surface area contributed by atoms with Crippen LogP contribution in [-0.2, 0) is 4.74 Å². The van der Waals surface area contributed by atoms with E-state index >= 15 is 0 Å². The van der Waals surface area contributed by atoms with Crippen molar-refractivity contribution in [3.63, 3.8) is 0 Å². The fourth-order valence-electron chi connectivity index (χ4n) is 1.47. The summed E-state index contributed by atoms with van der Waals surface area (Å²) in [6.07, 6.45) is 1.29. The molecule has 110 valence electrons. The number of ether oxygens (including phenoxy) is 1. The SMILES string of the molecule is COC(=O)c1sccc1NC(=S)Nc1c[nH]c(=O)c(F)c1. The maximum absolute atomic E-state index is 13.1. The van der Waals surface area contributed by atoms with Crippen LogP contribution in [0.3, 0.4) is 0 Å². The second kappa shape index (κ2) is 6.46. The van der Waals surface area contributed by atoms with E-state index in [2.05, 4.69) is 20.4 Å². The molecule has 6 nitrogen and oxygen atoms in total. The van der Waals surface area contributed by atoms with Crippen molar-refractivity contribution in [2.45, 2.75) is 0 Å². The molecule has 0 unspecified atom stereocenters. The van der Waals surface area contributed by atoms with E-state index in [1.165, 1.54) is 24.6 Å². The van der Waals surface area contributed by atoms with Gasteiger partial charge < -0.3 is 20.4 Å². The number of nitrogens with one attached hydrogen (secondary N) is 3. The van der Waals surface area contributed by atoms with Gasteiger partial charge in [0.05, 0.1) is 18.5 Å². The summed E-state index contributed by atoms with van der Waals surface area (Å²) in [5.74, 6) is -1.40. The van der Waals surface area contributed by atoms with E-state index < -0.39 is 17.3 Å². The predicted octanol–water partition coefficient (Wildman–Crippen LogP) is 2.17. The summed E-state index contributed by atoms with van der Waals surface area (Å²) >= 11 is 6.26. The molecule has 0 aliphatic rings. The third-order valence-corrected chi connectivity index (χ3v) is 3.50. The molecule has 0 bridgehead atoms. The van der Waals surface area contributed by atoms with Gasteiger partial charge in [-0.25, -0.2) is 9.18 Å². The number of carbonyl (C=O) groups is 1. The summed E-state index contributed by atoms with van der Waals surface area (Å²) < 4.78 is 17.8. The van der Waals surface area contributed by atoms with Gasteiger partial charge in [-0.1, -0.05) is 0 Å². The second-order valence-electron chi connectivity index (χ2n) is 3.80. The van der Waals surface area contributed by atoms with Crippen molar-refractivity contribution in [2.24, 2.45) is 0 Å². The number of carbonyl (C=O) groups excluding carboxylic acids is 1. The Bertz CT molecular complexity index is 741. The van der Waals surface area contributed by atoms with Gasteiger partial charge in [-0.3, -0.25) is 4.79 Å². The van der Waals surface area contributed by atoms with Gasteiger partial charge in [-0.2, -0.15) is 0 Å². The number of H-pyrrole nitrogens is 1.